The van der Waals surface area contributed by atoms with Crippen molar-refractivity contribution in [2.24, 2.45) is 5.92 Å². The third-order valence-electron chi connectivity index (χ3n) is 6.80. The predicted molar refractivity (Wildman–Crippen MR) is 118 cm³/mol. The third-order valence-corrected chi connectivity index (χ3v) is 6.80. The van der Waals surface area contributed by atoms with Gasteiger partial charge in [0, 0.05) is 43.1 Å². The highest BCUT2D eigenvalue weighted by atomic mass is 19.3. The Bertz CT molecular complexity index is 1180. The van der Waals surface area contributed by atoms with E-state index in [0.717, 1.165) is 24.8 Å². The van der Waals surface area contributed by atoms with E-state index in [1.165, 1.54) is 21.6 Å². The zero-order valence-electron chi connectivity index (χ0n) is 18.6. The van der Waals surface area contributed by atoms with Crippen LogP contribution in [-0.2, 0) is 9.53 Å². The van der Waals surface area contributed by atoms with Crippen molar-refractivity contribution >= 4 is 23.5 Å². The number of alkyl halides is 2. The lowest BCUT2D eigenvalue weighted by Crippen LogP contribution is -2.19. The largest absolute Gasteiger partial charge is 0.381 e. The molecule has 1 aliphatic carbocycles. The van der Waals surface area contributed by atoms with Gasteiger partial charge in [-0.2, -0.15) is 10.2 Å². The Balaban J connectivity index is 1.38. The molecule has 1 saturated heterocycles. The monoisotopic (exact) mass is 472 g/mol. The fraction of sp³-hybridized carbons (Fsp3) is 0.522. The van der Waals surface area contributed by atoms with Crippen molar-refractivity contribution in [3.8, 4) is 0 Å². The van der Waals surface area contributed by atoms with E-state index in [4.69, 9.17) is 4.74 Å². The quantitative estimate of drug-likeness (QED) is 0.545. The predicted octanol–water partition coefficient (Wildman–Crippen LogP) is 3.94. The molecule has 180 valence electrons. The van der Waals surface area contributed by atoms with Crippen LogP contribution in [0, 0.1) is 5.92 Å². The van der Waals surface area contributed by atoms with E-state index in [0.29, 0.717) is 44.5 Å². The number of fused-ring (bicyclic) bond motifs is 1. The third kappa shape index (κ3) is 4.44. The van der Waals surface area contributed by atoms with E-state index in [-0.39, 0.29) is 29.1 Å². The molecule has 4 heterocycles. The Morgan fingerprint density at radius 2 is 1.94 bits per heavy atom. The molecule has 11 heteroatoms. The summed E-state index contributed by atoms with van der Waals surface area (Å²) in [7, 11) is 0. The van der Waals surface area contributed by atoms with Crippen LogP contribution < -0.4 is 5.32 Å². The number of carbonyl (C=O) groups excluding carboxylic acids is 2. The lowest BCUT2D eigenvalue weighted by Gasteiger charge is -2.25. The van der Waals surface area contributed by atoms with Gasteiger partial charge in [0.2, 0.25) is 0 Å². The highest BCUT2D eigenvalue weighted by Gasteiger charge is 2.27. The Labute approximate surface area is 194 Å². The molecule has 2 aliphatic rings. The molecule has 9 nitrogen and oxygen atoms in total. The van der Waals surface area contributed by atoms with Crippen molar-refractivity contribution in [2.75, 3.05) is 18.5 Å². The fourth-order valence-electron chi connectivity index (χ4n) is 4.81. The van der Waals surface area contributed by atoms with Gasteiger partial charge in [-0.3, -0.25) is 9.48 Å². The number of nitrogens with one attached hydrogen (secondary N) is 1. The number of rotatable bonds is 6. The minimum absolute atomic E-state index is 0.00898. The van der Waals surface area contributed by atoms with Crippen LogP contribution in [0.5, 0.6) is 0 Å². The van der Waals surface area contributed by atoms with Crippen molar-refractivity contribution in [3.05, 3.63) is 41.6 Å². The molecule has 1 amide bonds. The minimum atomic E-state index is -2.84. The summed E-state index contributed by atoms with van der Waals surface area (Å²) in [5.41, 5.74) is 0.932. The summed E-state index contributed by atoms with van der Waals surface area (Å²) in [5, 5.41) is 10.9. The maximum atomic E-state index is 13.7. The number of carbonyl (C=O) groups is 2. The van der Waals surface area contributed by atoms with E-state index in [1.807, 2.05) is 6.07 Å². The molecule has 2 fully saturated rings. The zero-order chi connectivity index (χ0) is 23.7. The van der Waals surface area contributed by atoms with Crippen LogP contribution in [-0.4, -0.2) is 49.8 Å². The second-order valence-corrected chi connectivity index (χ2v) is 8.93. The van der Waals surface area contributed by atoms with E-state index in [9.17, 15) is 18.4 Å². The molecule has 1 aliphatic heterocycles. The average Bonchev–Trinajstić information content (AvgIpc) is 3.49. The van der Waals surface area contributed by atoms with Crippen LogP contribution in [0.15, 0.2) is 24.7 Å². The van der Waals surface area contributed by atoms with Gasteiger partial charge in [-0.25, -0.2) is 18.3 Å². The lowest BCUT2D eigenvalue weighted by atomic mass is 9.87. The number of hydrogen-bond donors (Lipinski definition) is 1. The number of anilines is 1. The van der Waals surface area contributed by atoms with E-state index in [1.54, 1.807) is 6.20 Å². The van der Waals surface area contributed by atoms with Crippen molar-refractivity contribution in [1.82, 2.24) is 24.4 Å². The fourth-order valence-corrected chi connectivity index (χ4v) is 4.81. The van der Waals surface area contributed by atoms with Crippen molar-refractivity contribution in [1.29, 1.82) is 0 Å². The summed E-state index contributed by atoms with van der Waals surface area (Å²) in [6.07, 6.45) is 7.15. The first-order valence-corrected chi connectivity index (χ1v) is 11.6. The Morgan fingerprint density at radius 1 is 1.18 bits per heavy atom. The smallest absolute Gasteiger partial charge is 0.284 e. The highest BCUT2D eigenvalue weighted by Crippen LogP contribution is 2.34. The van der Waals surface area contributed by atoms with E-state index in [2.05, 4.69) is 20.5 Å². The molecular formula is C23H26F2N6O3. The molecule has 0 radical (unpaired) electrons. The minimum Gasteiger partial charge on any atom is -0.381 e. The topological polar surface area (TPSA) is 103 Å². The molecular weight excluding hydrogens is 446 g/mol. The first-order chi connectivity index (χ1) is 16.5. The number of nitrogens with zero attached hydrogens (tertiary/aromatic N) is 5. The summed E-state index contributed by atoms with van der Waals surface area (Å²) >= 11 is 0. The van der Waals surface area contributed by atoms with Crippen molar-refractivity contribution in [3.63, 3.8) is 0 Å². The van der Waals surface area contributed by atoms with Gasteiger partial charge in [0.05, 0.1) is 17.9 Å². The van der Waals surface area contributed by atoms with Gasteiger partial charge in [0.1, 0.15) is 11.8 Å². The van der Waals surface area contributed by atoms with Crippen LogP contribution in [0.1, 0.15) is 78.7 Å². The van der Waals surface area contributed by atoms with Crippen molar-refractivity contribution < 1.29 is 23.1 Å². The number of aromatic nitrogens is 5. The summed E-state index contributed by atoms with van der Waals surface area (Å²) in [5.74, 6) is -0.324. The average molecular weight is 472 g/mol. The molecule has 0 bridgehead atoms. The Kier molecular flexibility index (Phi) is 6.36. The number of hydrogen-bond acceptors (Lipinski definition) is 6. The SMILES string of the molecule is O=C[C@H]1CC[C@H](n2cc(NC(=O)c3cnn4ccc(C5CCOCC5)nc34)c(C(F)F)n2)CC1. The normalized spacial score (nSPS) is 21.7. The number of halogens is 2. The molecule has 3 aromatic rings. The van der Waals surface area contributed by atoms with Crippen LogP contribution in [0.25, 0.3) is 5.65 Å². The van der Waals surface area contributed by atoms with E-state index < -0.39 is 18.0 Å². The van der Waals surface area contributed by atoms with Crippen LogP contribution in [0.3, 0.4) is 0 Å². The van der Waals surface area contributed by atoms with Gasteiger partial charge in [0.25, 0.3) is 12.3 Å². The number of ether oxygens (including phenoxy) is 1. The first-order valence-electron chi connectivity index (χ1n) is 11.6. The molecule has 34 heavy (non-hydrogen) atoms. The number of amides is 1. The summed E-state index contributed by atoms with van der Waals surface area (Å²) in [4.78, 5) is 28.7. The highest BCUT2D eigenvalue weighted by molar-refractivity contribution is 6.08. The molecule has 0 aromatic carbocycles. The summed E-state index contributed by atoms with van der Waals surface area (Å²) < 4.78 is 35.8. The van der Waals surface area contributed by atoms with Gasteiger partial charge in [-0.1, -0.05) is 0 Å². The molecule has 5 rings (SSSR count). The molecule has 3 aromatic heterocycles. The Hall–Kier alpha value is -3.21. The molecule has 1 N–H and O–H groups in total. The van der Waals surface area contributed by atoms with Gasteiger partial charge in [0.15, 0.2) is 11.3 Å². The Morgan fingerprint density at radius 3 is 2.65 bits per heavy atom. The zero-order valence-corrected chi connectivity index (χ0v) is 18.6. The lowest BCUT2D eigenvalue weighted by molar-refractivity contribution is -0.112. The van der Waals surface area contributed by atoms with E-state index >= 15 is 0 Å². The second-order valence-electron chi connectivity index (χ2n) is 8.93. The summed E-state index contributed by atoms with van der Waals surface area (Å²) in [6.45, 7) is 1.34. The second kappa shape index (κ2) is 9.57. The summed E-state index contributed by atoms with van der Waals surface area (Å²) in [6, 6.07) is 1.80. The van der Waals surface area contributed by atoms with Gasteiger partial charge in [-0.05, 0) is 44.6 Å². The van der Waals surface area contributed by atoms with Gasteiger partial charge >= 0.3 is 0 Å². The molecule has 0 spiro atoms. The maximum absolute atomic E-state index is 13.7. The first kappa shape index (κ1) is 22.6. The standard InChI is InChI=1S/C23H26F2N6O3/c24-21(25)20-19(12-31(29-20)16-3-1-14(13-32)2-4-16)28-23(33)17-11-26-30-8-5-18(27-22(17)30)15-6-9-34-10-7-15/h5,8,11-16,21H,1-4,6-7,9-10H2,(H,28,33)/t14-,16-. The number of aldehydes is 1. The maximum Gasteiger partial charge on any atom is 0.284 e. The van der Waals surface area contributed by atoms with Crippen LogP contribution in [0.4, 0.5) is 14.5 Å². The van der Waals surface area contributed by atoms with Crippen LogP contribution >= 0.6 is 0 Å². The molecule has 0 unspecified atom stereocenters. The van der Waals surface area contributed by atoms with Gasteiger partial charge in [-0.15, -0.1) is 0 Å². The molecule has 1 saturated carbocycles. The van der Waals surface area contributed by atoms with Crippen LogP contribution in [0.2, 0.25) is 0 Å². The van der Waals surface area contributed by atoms with Gasteiger partial charge < -0.3 is 14.8 Å². The molecule has 0 atom stereocenters. The van der Waals surface area contributed by atoms with Crippen molar-refractivity contribution in [2.45, 2.75) is 56.9 Å².